The number of carbonyl (C=O) groups is 4. The van der Waals surface area contributed by atoms with Crippen molar-refractivity contribution in [3.05, 3.63) is 54.4 Å². The highest BCUT2D eigenvalue weighted by atomic mass is 16.4. The fraction of sp³-hybridized carbons (Fsp3) is 0.423. The third-order valence-electron chi connectivity index (χ3n) is 5.98. The van der Waals surface area contributed by atoms with Crippen molar-refractivity contribution in [3.63, 3.8) is 0 Å². The van der Waals surface area contributed by atoms with Crippen LogP contribution in [0.5, 0.6) is 0 Å². The molecule has 1 saturated heterocycles. The van der Waals surface area contributed by atoms with E-state index in [1.54, 1.807) is 42.6 Å². The molecular formula is C26H32N4O5. The number of carboxylic acid groups (broad SMARTS) is 1. The van der Waals surface area contributed by atoms with E-state index in [0.717, 1.165) is 25.7 Å². The molecule has 1 aromatic carbocycles. The van der Waals surface area contributed by atoms with Gasteiger partial charge in [-0.15, -0.1) is 0 Å². The molecule has 1 aliphatic heterocycles. The molecule has 3 amide bonds. The SMILES string of the molecule is CCCCCCC(=O)Nc1cccc(N2CC(C(=O)NC(CC(=O)O)c3cccnc3)CC2=O)c1. The van der Waals surface area contributed by atoms with E-state index < -0.39 is 17.9 Å². The second-order valence-corrected chi connectivity index (χ2v) is 8.76. The van der Waals surface area contributed by atoms with Crippen LogP contribution in [-0.4, -0.2) is 40.3 Å². The molecule has 3 rings (SSSR count). The molecule has 0 radical (unpaired) electrons. The van der Waals surface area contributed by atoms with Crippen molar-refractivity contribution in [3.8, 4) is 0 Å². The Balaban J connectivity index is 1.62. The third kappa shape index (κ3) is 7.63. The van der Waals surface area contributed by atoms with Crippen LogP contribution in [0.1, 0.15) is 63.5 Å². The topological polar surface area (TPSA) is 129 Å². The number of pyridine rings is 1. The molecule has 2 unspecified atom stereocenters. The van der Waals surface area contributed by atoms with Crippen LogP contribution in [-0.2, 0) is 19.2 Å². The fourth-order valence-electron chi connectivity index (χ4n) is 4.12. The van der Waals surface area contributed by atoms with Crippen molar-refractivity contribution < 1.29 is 24.3 Å². The van der Waals surface area contributed by atoms with E-state index in [4.69, 9.17) is 0 Å². The number of unbranched alkanes of at least 4 members (excludes halogenated alkanes) is 3. The Bertz CT molecular complexity index is 1040. The van der Waals surface area contributed by atoms with E-state index in [2.05, 4.69) is 22.5 Å². The van der Waals surface area contributed by atoms with Gasteiger partial charge in [0.05, 0.1) is 18.4 Å². The molecule has 2 atom stereocenters. The van der Waals surface area contributed by atoms with Gasteiger partial charge in [0, 0.05) is 43.2 Å². The van der Waals surface area contributed by atoms with E-state index in [-0.39, 0.29) is 37.1 Å². The highest BCUT2D eigenvalue weighted by Gasteiger charge is 2.36. The summed E-state index contributed by atoms with van der Waals surface area (Å²) in [4.78, 5) is 54.7. The lowest BCUT2D eigenvalue weighted by Crippen LogP contribution is -2.36. The summed E-state index contributed by atoms with van der Waals surface area (Å²) < 4.78 is 0. The van der Waals surface area contributed by atoms with Gasteiger partial charge in [0.1, 0.15) is 0 Å². The molecule has 35 heavy (non-hydrogen) atoms. The molecular weight excluding hydrogens is 448 g/mol. The number of carboxylic acids is 1. The van der Waals surface area contributed by atoms with E-state index in [1.165, 1.54) is 11.1 Å². The molecule has 1 fully saturated rings. The summed E-state index contributed by atoms with van der Waals surface area (Å²) in [6.45, 7) is 2.29. The molecule has 2 aromatic rings. The van der Waals surface area contributed by atoms with Crippen molar-refractivity contribution in [1.29, 1.82) is 0 Å². The number of anilines is 2. The van der Waals surface area contributed by atoms with E-state index in [1.807, 2.05) is 0 Å². The van der Waals surface area contributed by atoms with Crippen molar-refractivity contribution in [2.75, 3.05) is 16.8 Å². The molecule has 1 aliphatic rings. The predicted octanol–water partition coefficient (Wildman–Crippen LogP) is 3.68. The van der Waals surface area contributed by atoms with Gasteiger partial charge >= 0.3 is 5.97 Å². The maximum absolute atomic E-state index is 12.9. The number of nitrogens with one attached hydrogen (secondary N) is 2. The van der Waals surface area contributed by atoms with Crippen LogP contribution < -0.4 is 15.5 Å². The van der Waals surface area contributed by atoms with Crippen LogP contribution in [0, 0.1) is 5.92 Å². The average molecular weight is 481 g/mol. The Kier molecular flexibility index (Phi) is 9.34. The Morgan fingerprint density at radius 3 is 2.71 bits per heavy atom. The second-order valence-electron chi connectivity index (χ2n) is 8.76. The van der Waals surface area contributed by atoms with Gasteiger partial charge < -0.3 is 20.6 Å². The van der Waals surface area contributed by atoms with Crippen molar-refractivity contribution in [1.82, 2.24) is 10.3 Å². The smallest absolute Gasteiger partial charge is 0.305 e. The van der Waals surface area contributed by atoms with Gasteiger partial charge in [0.15, 0.2) is 0 Å². The maximum atomic E-state index is 12.9. The van der Waals surface area contributed by atoms with Crippen LogP contribution in [0.3, 0.4) is 0 Å². The van der Waals surface area contributed by atoms with Crippen molar-refractivity contribution in [2.24, 2.45) is 5.92 Å². The quantitative estimate of drug-likeness (QED) is 0.398. The zero-order chi connectivity index (χ0) is 25.2. The molecule has 2 heterocycles. The number of benzene rings is 1. The lowest BCUT2D eigenvalue weighted by molar-refractivity contribution is -0.138. The lowest BCUT2D eigenvalue weighted by atomic mass is 10.0. The van der Waals surface area contributed by atoms with Gasteiger partial charge in [-0.1, -0.05) is 38.3 Å². The summed E-state index contributed by atoms with van der Waals surface area (Å²) in [6.07, 6.45) is 7.33. The largest absolute Gasteiger partial charge is 0.481 e. The predicted molar refractivity (Wildman–Crippen MR) is 132 cm³/mol. The first-order valence-corrected chi connectivity index (χ1v) is 12.0. The minimum Gasteiger partial charge on any atom is -0.481 e. The normalized spacial score (nSPS) is 16.1. The number of carbonyl (C=O) groups excluding carboxylic acids is 3. The number of amides is 3. The first-order chi connectivity index (χ1) is 16.9. The standard InChI is InChI=1S/C26H32N4O5/c1-2-3-4-5-11-23(31)28-20-9-6-10-21(14-20)30-17-19(13-24(30)32)26(35)29-22(15-25(33)34)18-8-7-12-27-16-18/h6-10,12,14,16,19,22H,2-5,11,13,15,17H2,1H3,(H,28,31)(H,29,35)(H,33,34). The Morgan fingerprint density at radius 1 is 1.17 bits per heavy atom. The monoisotopic (exact) mass is 480 g/mol. The maximum Gasteiger partial charge on any atom is 0.305 e. The van der Waals surface area contributed by atoms with E-state index >= 15 is 0 Å². The Morgan fingerprint density at radius 2 is 2.00 bits per heavy atom. The van der Waals surface area contributed by atoms with Crippen molar-refractivity contribution >= 4 is 35.1 Å². The highest BCUT2D eigenvalue weighted by Crippen LogP contribution is 2.28. The fourth-order valence-corrected chi connectivity index (χ4v) is 4.12. The van der Waals surface area contributed by atoms with Crippen LogP contribution in [0.25, 0.3) is 0 Å². The Labute approximate surface area is 204 Å². The molecule has 3 N–H and O–H groups in total. The third-order valence-corrected chi connectivity index (χ3v) is 5.98. The van der Waals surface area contributed by atoms with Gasteiger partial charge in [-0.3, -0.25) is 24.2 Å². The average Bonchev–Trinajstić information content (AvgIpc) is 3.23. The van der Waals surface area contributed by atoms with Gasteiger partial charge in [-0.05, 0) is 36.2 Å². The van der Waals surface area contributed by atoms with Gasteiger partial charge in [-0.2, -0.15) is 0 Å². The van der Waals surface area contributed by atoms with Crippen LogP contribution in [0.4, 0.5) is 11.4 Å². The zero-order valence-corrected chi connectivity index (χ0v) is 19.9. The molecule has 0 spiro atoms. The van der Waals surface area contributed by atoms with E-state index in [0.29, 0.717) is 23.4 Å². The van der Waals surface area contributed by atoms with Gasteiger partial charge in [0.2, 0.25) is 17.7 Å². The summed E-state index contributed by atoms with van der Waals surface area (Å²) in [5.74, 6) is -2.32. The lowest BCUT2D eigenvalue weighted by Gasteiger charge is -2.20. The van der Waals surface area contributed by atoms with Crippen LogP contribution in [0.2, 0.25) is 0 Å². The van der Waals surface area contributed by atoms with Gasteiger partial charge in [-0.25, -0.2) is 0 Å². The summed E-state index contributed by atoms with van der Waals surface area (Å²) in [6, 6.07) is 9.65. The number of nitrogens with zero attached hydrogens (tertiary/aromatic N) is 2. The van der Waals surface area contributed by atoms with Crippen molar-refractivity contribution in [2.45, 2.75) is 57.9 Å². The van der Waals surface area contributed by atoms with Gasteiger partial charge in [0.25, 0.3) is 0 Å². The number of aromatic nitrogens is 1. The number of hydrogen-bond donors (Lipinski definition) is 3. The van der Waals surface area contributed by atoms with Crippen LogP contribution in [0.15, 0.2) is 48.8 Å². The molecule has 186 valence electrons. The van der Waals surface area contributed by atoms with Crippen LogP contribution >= 0.6 is 0 Å². The molecule has 0 aliphatic carbocycles. The van der Waals surface area contributed by atoms with E-state index in [9.17, 15) is 24.3 Å². The summed E-state index contributed by atoms with van der Waals surface area (Å²) in [7, 11) is 0. The number of rotatable bonds is 12. The molecule has 0 saturated carbocycles. The molecule has 0 bridgehead atoms. The molecule has 1 aromatic heterocycles. The summed E-state index contributed by atoms with van der Waals surface area (Å²) in [5.41, 5.74) is 1.78. The Hall–Kier alpha value is -3.75. The minimum atomic E-state index is -1.05. The first kappa shape index (κ1) is 25.9. The molecule has 9 nitrogen and oxygen atoms in total. The molecule has 9 heteroatoms. The minimum absolute atomic E-state index is 0.0205. The number of aliphatic carboxylic acids is 1. The second kappa shape index (κ2) is 12.6. The highest BCUT2D eigenvalue weighted by molar-refractivity contribution is 6.01. The summed E-state index contributed by atoms with van der Waals surface area (Å²) in [5, 5.41) is 14.9. The first-order valence-electron chi connectivity index (χ1n) is 12.0. The summed E-state index contributed by atoms with van der Waals surface area (Å²) >= 11 is 0. The number of hydrogen-bond acceptors (Lipinski definition) is 5. The zero-order valence-electron chi connectivity index (χ0n) is 19.9.